The Morgan fingerprint density at radius 3 is 2.56 bits per heavy atom. The Morgan fingerprint density at radius 2 is 1.94 bits per heavy atom. The molecule has 1 nitrogen and oxygen atoms in total. The second-order valence-corrected chi connectivity index (χ2v) is 6.78. The third-order valence-electron chi connectivity index (χ3n) is 3.28. The summed E-state index contributed by atoms with van der Waals surface area (Å²) in [5, 5.41) is 8.06. The van der Waals surface area contributed by atoms with Crippen LogP contribution in [0.25, 0.3) is 0 Å². The Hall–Kier alpha value is -0.640. The van der Waals surface area contributed by atoms with Crippen LogP contribution in [-0.2, 0) is 6.42 Å². The number of rotatable bonds is 7. The van der Waals surface area contributed by atoms with E-state index in [-0.39, 0.29) is 0 Å². The van der Waals surface area contributed by atoms with Crippen LogP contribution in [0.3, 0.4) is 0 Å². The lowest BCUT2D eigenvalue weighted by atomic mass is 10.1. The molecule has 2 unspecified atom stereocenters. The predicted octanol–water partition coefficient (Wildman–Crippen LogP) is 4.73. The zero-order chi connectivity index (χ0) is 12.8. The van der Waals surface area contributed by atoms with Gasteiger partial charge in [-0.25, -0.2) is 0 Å². The van der Waals surface area contributed by atoms with Gasteiger partial charge in [-0.1, -0.05) is 32.4 Å². The summed E-state index contributed by atoms with van der Waals surface area (Å²) in [6.07, 6.45) is 2.35. The Kier molecular flexibility index (Phi) is 5.42. The maximum Gasteiger partial charge on any atom is 0.0463 e. The van der Waals surface area contributed by atoms with Crippen LogP contribution >= 0.6 is 22.7 Å². The van der Waals surface area contributed by atoms with Gasteiger partial charge in [0.25, 0.3) is 0 Å². The zero-order valence-corrected chi connectivity index (χ0v) is 12.7. The molecule has 0 aliphatic carbocycles. The monoisotopic (exact) mass is 279 g/mol. The lowest BCUT2D eigenvalue weighted by molar-refractivity contribution is 0.447. The normalized spacial score (nSPS) is 14.6. The van der Waals surface area contributed by atoms with Gasteiger partial charge in [0.15, 0.2) is 0 Å². The van der Waals surface area contributed by atoms with Crippen LogP contribution in [-0.4, -0.2) is 6.54 Å². The van der Waals surface area contributed by atoms with E-state index in [2.05, 4.69) is 54.2 Å². The third-order valence-corrected chi connectivity index (χ3v) is 5.17. The number of thiophene rings is 2. The molecule has 0 saturated heterocycles. The van der Waals surface area contributed by atoms with Gasteiger partial charge in [0, 0.05) is 22.2 Å². The molecule has 0 aliphatic heterocycles. The van der Waals surface area contributed by atoms with Crippen molar-refractivity contribution in [2.75, 3.05) is 6.54 Å². The average molecular weight is 279 g/mol. The van der Waals surface area contributed by atoms with E-state index in [9.17, 15) is 0 Å². The summed E-state index contributed by atoms with van der Waals surface area (Å²) in [6, 6.07) is 9.23. The summed E-state index contributed by atoms with van der Waals surface area (Å²) < 4.78 is 0. The van der Waals surface area contributed by atoms with E-state index in [0.717, 1.165) is 18.9 Å². The first kappa shape index (κ1) is 13.8. The van der Waals surface area contributed by atoms with Crippen molar-refractivity contribution in [2.24, 2.45) is 5.92 Å². The number of hydrogen-bond acceptors (Lipinski definition) is 3. The zero-order valence-electron chi connectivity index (χ0n) is 11.1. The van der Waals surface area contributed by atoms with Gasteiger partial charge in [-0.3, -0.25) is 0 Å². The molecular formula is C15H21NS2. The highest BCUT2D eigenvalue weighted by Gasteiger charge is 2.14. The first-order chi connectivity index (χ1) is 8.79. The molecule has 3 heteroatoms. The van der Waals surface area contributed by atoms with Gasteiger partial charge in [-0.05, 0) is 35.4 Å². The van der Waals surface area contributed by atoms with Crippen LogP contribution in [0.4, 0.5) is 0 Å². The molecule has 0 spiro atoms. The summed E-state index contributed by atoms with van der Waals surface area (Å²) in [6.45, 7) is 5.67. The lowest BCUT2D eigenvalue weighted by Gasteiger charge is -2.19. The van der Waals surface area contributed by atoms with Crippen molar-refractivity contribution in [1.82, 2.24) is 5.32 Å². The fraction of sp³-hybridized carbons (Fsp3) is 0.467. The molecule has 2 aromatic heterocycles. The highest BCUT2D eigenvalue weighted by molar-refractivity contribution is 7.10. The minimum Gasteiger partial charge on any atom is -0.309 e. The fourth-order valence-corrected chi connectivity index (χ4v) is 3.43. The maximum absolute atomic E-state index is 3.73. The van der Waals surface area contributed by atoms with Crippen molar-refractivity contribution in [3.63, 3.8) is 0 Å². The summed E-state index contributed by atoms with van der Waals surface area (Å²) in [5.74, 6) is 0.746. The molecule has 2 aromatic rings. The van der Waals surface area contributed by atoms with Crippen molar-refractivity contribution in [3.8, 4) is 0 Å². The van der Waals surface area contributed by atoms with Crippen LogP contribution in [0.5, 0.6) is 0 Å². The van der Waals surface area contributed by atoms with Crippen LogP contribution in [0, 0.1) is 5.92 Å². The van der Waals surface area contributed by atoms with E-state index in [0.29, 0.717) is 6.04 Å². The minimum absolute atomic E-state index is 0.470. The molecule has 2 rings (SSSR count). The first-order valence-corrected chi connectivity index (χ1v) is 8.34. The van der Waals surface area contributed by atoms with Crippen LogP contribution < -0.4 is 5.32 Å². The van der Waals surface area contributed by atoms with Crippen molar-refractivity contribution in [3.05, 3.63) is 44.8 Å². The summed E-state index contributed by atoms with van der Waals surface area (Å²) in [5.41, 5.74) is 0. The first-order valence-electron chi connectivity index (χ1n) is 6.58. The van der Waals surface area contributed by atoms with Crippen molar-refractivity contribution < 1.29 is 0 Å². The number of nitrogens with one attached hydrogen (secondary N) is 1. The van der Waals surface area contributed by atoms with E-state index in [1.165, 1.54) is 16.2 Å². The van der Waals surface area contributed by atoms with Crippen molar-refractivity contribution in [2.45, 2.75) is 32.7 Å². The lowest BCUT2D eigenvalue weighted by Crippen LogP contribution is -2.27. The Morgan fingerprint density at radius 1 is 1.17 bits per heavy atom. The fourth-order valence-electron chi connectivity index (χ4n) is 1.88. The second-order valence-electron chi connectivity index (χ2n) is 4.77. The second kappa shape index (κ2) is 7.07. The highest BCUT2D eigenvalue weighted by Crippen LogP contribution is 2.25. The molecule has 0 aliphatic rings. The quantitative estimate of drug-likeness (QED) is 0.772. The number of hydrogen-bond donors (Lipinski definition) is 1. The van der Waals surface area contributed by atoms with Gasteiger partial charge >= 0.3 is 0 Å². The summed E-state index contributed by atoms with van der Waals surface area (Å²) >= 11 is 3.71. The topological polar surface area (TPSA) is 12.0 Å². The van der Waals surface area contributed by atoms with E-state index in [4.69, 9.17) is 0 Å². The molecule has 18 heavy (non-hydrogen) atoms. The van der Waals surface area contributed by atoms with Gasteiger partial charge in [0.1, 0.15) is 0 Å². The van der Waals surface area contributed by atoms with E-state index < -0.39 is 0 Å². The molecule has 2 heterocycles. The summed E-state index contributed by atoms with van der Waals surface area (Å²) in [4.78, 5) is 2.91. The van der Waals surface area contributed by atoms with Gasteiger partial charge in [0.2, 0.25) is 0 Å². The highest BCUT2D eigenvalue weighted by atomic mass is 32.1. The SMILES string of the molecule is CCC(C)CNC(Cc1cccs1)c1cccs1. The van der Waals surface area contributed by atoms with E-state index >= 15 is 0 Å². The van der Waals surface area contributed by atoms with Crippen LogP contribution in [0.2, 0.25) is 0 Å². The van der Waals surface area contributed by atoms with Gasteiger partial charge < -0.3 is 5.32 Å². The molecule has 0 aromatic carbocycles. The van der Waals surface area contributed by atoms with Crippen LogP contribution in [0.15, 0.2) is 35.0 Å². The van der Waals surface area contributed by atoms with Gasteiger partial charge in [-0.2, -0.15) is 0 Å². The van der Waals surface area contributed by atoms with Crippen LogP contribution in [0.1, 0.15) is 36.1 Å². The average Bonchev–Trinajstić information content (AvgIpc) is 3.06. The maximum atomic E-state index is 3.73. The standard InChI is InChI=1S/C15H21NS2/c1-3-12(2)11-16-14(15-7-5-9-18-15)10-13-6-4-8-17-13/h4-9,12,14,16H,3,10-11H2,1-2H3. The molecule has 0 fully saturated rings. The molecule has 2 atom stereocenters. The van der Waals surface area contributed by atoms with E-state index in [1.54, 1.807) is 0 Å². The molecule has 0 saturated carbocycles. The Balaban J connectivity index is 1.99. The van der Waals surface area contributed by atoms with Gasteiger partial charge in [-0.15, -0.1) is 22.7 Å². The molecule has 1 N–H and O–H groups in total. The molecule has 0 radical (unpaired) electrons. The molecule has 0 amide bonds. The summed E-state index contributed by atoms with van der Waals surface area (Å²) in [7, 11) is 0. The predicted molar refractivity (Wildman–Crippen MR) is 82.5 cm³/mol. The van der Waals surface area contributed by atoms with E-state index in [1.807, 2.05) is 22.7 Å². The molecule has 0 bridgehead atoms. The van der Waals surface area contributed by atoms with Crippen molar-refractivity contribution in [1.29, 1.82) is 0 Å². The minimum atomic E-state index is 0.470. The smallest absolute Gasteiger partial charge is 0.0463 e. The third kappa shape index (κ3) is 3.94. The molecular weight excluding hydrogens is 258 g/mol. The Bertz CT molecular complexity index is 419. The van der Waals surface area contributed by atoms with Crippen molar-refractivity contribution >= 4 is 22.7 Å². The van der Waals surface area contributed by atoms with Gasteiger partial charge in [0.05, 0.1) is 0 Å². The molecule has 98 valence electrons. The Labute approximate surface area is 118 Å². The largest absolute Gasteiger partial charge is 0.309 e.